The molecule has 112 valence electrons. The molecule has 2 heterocycles. The van der Waals surface area contributed by atoms with Crippen LogP contribution in [0.2, 0.25) is 0 Å². The molecule has 2 aliphatic heterocycles. The molecule has 0 bridgehead atoms. The van der Waals surface area contributed by atoms with Crippen LogP contribution < -0.4 is 9.64 Å². The van der Waals surface area contributed by atoms with Gasteiger partial charge in [0.2, 0.25) is 0 Å². The highest BCUT2D eigenvalue weighted by atomic mass is 16.5. The number of ether oxygens (including phenoxy) is 1. The predicted molar refractivity (Wildman–Crippen MR) is 83.7 cm³/mol. The topological polar surface area (TPSA) is 32.8 Å². The molecular formula is C17H22N2O2. The van der Waals surface area contributed by atoms with Crippen LogP contribution in [0.3, 0.4) is 0 Å². The molecule has 0 spiro atoms. The first-order valence-corrected chi connectivity index (χ1v) is 7.63. The molecule has 1 fully saturated rings. The van der Waals surface area contributed by atoms with Gasteiger partial charge in [-0.3, -0.25) is 4.79 Å². The fourth-order valence-corrected chi connectivity index (χ4v) is 3.10. The van der Waals surface area contributed by atoms with Gasteiger partial charge >= 0.3 is 0 Å². The summed E-state index contributed by atoms with van der Waals surface area (Å²) in [7, 11) is 0. The van der Waals surface area contributed by atoms with Crippen molar-refractivity contribution in [2.75, 3.05) is 37.7 Å². The van der Waals surface area contributed by atoms with E-state index in [1.807, 2.05) is 35.2 Å². The summed E-state index contributed by atoms with van der Waals surface area (Å²) in [5.41, 5.74) is 0.905. The second-order valence-corrected chi connectivity index (χ2v) is 5.81. The third-order valence-corrected chi connectivity index (χ3v) is 4.20. The summed E-state index contributed by atoms with van der Waals surface area (Å²) in [5, 5.41) is 0. The predicted octanol–water partition coefficient (Wildman–Crippen LogP) is 2.31. The summed E-state index contributed by atoms with van der Waals surface area (Å²) in [5.74, 6) is 1.65. The Kier molecular flexibility index (Phi) is 4.25. The highest BCUT2D eigenvalue weighted by molar-refractivity contribution is 5.97. The quantitative estimate of drug-likeness (QED) is 0.752. The molecule has 0 saturated carbocycles. The zero-order valence-electron chi connectivity index (χ0n) is 12.3. The summed E-state index contributed by atoms with van der Waals surface area (Å²) < 4.78 is 5.46. The second kappa shape index (κ2) is 6.31. The fourth-order valence-electron chi connectivity index (χ4n) is 3.10. The van der Waals surface area contributed by atoms with E-state index in [0.717, 1.165) is 43.3 Å². The molecule has 1 aromatic rings. The van der Waals surface area contributed by atoms with Crippen molar-refractivity contribution in [2.45, 2.75) is 12.8 Å². The molecule has 0 atom stereocenters. The molecule has 1 aromatic carbocycles. The molecule has 1 amide bonds. The van der Waals surface area contributed by atoms with Gasteiger partial charge in [0.05, 0.1) is 5.69 Å². The summed E-state index contributed by atoms with van der Waals surface area (Å²) in [4.78, 5) is 16.3. The number of nitrogens with zero attached hydrogens (tertiary/aromatic N) is 2. The number of hydrogen-bond acceptors (Lipinski definition) is 3. The molecule has 21 heavy (non-hydrogen) atoms. The number of benzene rings is 1. The maximum atomic E-state index is 12.0. The SMILES string of the molecule is C=CCC1CN(CCCN2C(=O)COc3ccccc32)C1. The van der Waals surface area contributed by atoms with E-state index < -0.39 is 0 Å². The van der Waals surface area contributed by atoms with Gasteiger partial charge in [0.25, 0.3) is 5.91 Å². The number of carbonyl (C=O) groups excluding carboxylic acids is 1. The van der Waals surface area contributed by atoms with E-state index in [0.29, 0.717) is 0 Å². The standard InChI is InChI=1S/C17H22N2O2/c1-2-6-14-11-18(12-14)9-5-10-19-15-7-3-4-8-16(15)21-13-17(19)20/h2-4,7-8,14H,1,5-6,9-13H2. The summed E-state index contributed by atoms with van der Waals surface area (Å²) in [6, 6.07) is 7.76. The van der Waals surface area contributed by atoms with Gasteiger partial charge in [0, 0.05) is 19.6 Å². The maximum absolute atomic E-state index is 12.0. The Morgan fingerprint density at radius 2 is 2.10 bits per heavy atom. The largest absolute Gasteiger partial charge is 0.482 e. The first-order valence-electron chi connectivity index (χ1n) is 7.63. The van der Waals surface area contributed by atoms with Gasteiger partial charge in [-0.2, -0.15) is 0 Å². The zero-order valence-corrected chi connectivity index (χ0v) is 12.3. The van der Waals surface area contributed by atoms with Crippen molar-refractivity contribution in [2.24, 2.45) is 5.92 Å². The van der Waals surface area contributed by atoms with E-state index in [1.165, 1.54) is 13.1 Å². The third kappa shape index (κ3) is 3.10. The van der Waals surface area contributed by atoms with Gasteiger partial charge in [-0.25, -0.2) is 0 Å². The van der Waals surface area contributed by atoms with Gasteiger partial charge in [0.1, 0.15) is 5.75 Å². The number of anilines is 1. The minimum Gasteiger partial charge on any atom is -0.482 e. The molecule has 0 aromatic heterocycles. The van der Waals surface area contributed by atoms with Gasteiger partial charge in [-0.1, -0.05) is 18.2 Å². The van der Waals surface area contributed by atoms with E-state index in [9.17, 15) is 4.79 Å². The van der Waals surface area contributed by atoms with Crippen molar-refractivity contribution in [1.82, 2.24) is 4.90 Å². The minimum absolute atomic E-state index is 0.0573. The normalized spacial score (nSPS) is 18.9. The van der Waals surface area contributed by atoms with Crippen molar-refractivity contribution in [3.05, 3.63) is 36.9 Å². The van der Waals surface area contributed by atoms with E-state index in [1.54, 1.807) is 0 Å². The number of rotatable bonds is 6. The lowest BCUT2D eigenvalue weighted by molar-refractivity contribution is -0.121. The molecule has 4 heteroatoms. The molecule has 0 N–H and O–H groups in total. The Morgan fingerprint density at radius 1 is 1.29 bits per heavy atom. The van der Waals surface area contributed by atoms with Crippen LogP contribution in [-0.2, 0) is 4.79 Å². The first-order chi connectivity index (χ1) is 10.3. The maximum Gasteiger partial charge on any atom is 0.265 e. The average molecular weight is 286 g/mol. The molecule has 0 unspecified atom stereocenters. The summed E-state index contributed by atoms with van der Waals surface area (Å²) in [6.07, 6.45) is 4.12. The summed E-state index contributed by atoms with van der Waals surface area (Å²) in [6.45, 7) is 8.10. The van der Waals surface area contributed by atoms with Crippen LogP contribution in [0.5, 0.6) is 5.75 Å². The molecular weight excluding hydrogens is 264 g/mol. The molecule has 0 aliphatic carbocycles. The number of likely N-dealkylation sites (tertiary alicyclic amines) is 1. The van der Waals surface area contributed by atoms with E-state index >= 15 is 0 Å². The van der Waals surface area contributed by atoms with Crippen molar-refractivity contribution >= 4 is 11.6 Å². The van der Waals surface area contributed by atoms with Crippen LogP contribution in [0.4, 0.5) is 5.69 Å². The number of fused-ring (bicyclic) bond motifs is 1. The third-order valence-electron chi connectivity index (χ3n) is 4.20. The highest BCUT2D eigenvalue weighted by Crippen LogP contribution is 2.31. The Balaban J connectivity index is 1.49. The van der Waals surface area contributed by atoms with Crippen LogP contribution in [0.1, 0.15) is 12.8 Å². The Hall–Kier alpha value is -1.81. The number of para-hydroxylation sites is 2. The van der Waals surface area contributed by atoms with E-state index in [4.69, 9.17) is 4.74 Å². The van der Waals surface area contributed by atoms with Crippen LogP contribution in [-0.4, -0.2) is 43.6 Å². The Morgan fingerprint density at radius 3 is 2.90 bits per heavy atom. The first kappa shape index (κ1) is 14.1. The van der Waals surface area contributed by atoms with Gasteiger partial charge in [-0.05, 0) is 37.4 Å². The number of amides is 1. The van der Waals surface area contributed by atoms with Crippen LogP contribution in [0, 0.1) is 5.92 Å². The van der Waals surface area contributed by atoms with Crippen molar-refractivity contribution < 1.29 is 9.53 Å². The monoisotopic (exact) mass is 286 g/mol. The van der Waals surface area contributed by atoms with Crippen LogP contribution in [0.25, 0.3) is 0 Å². The van der Waals surface area contributed by atoms with Crippen molar-refractivity contribution in [3.8, 4) is 5.75 Å². The smallest absolute Gasteiger partial charge is 0.265 e. The zero-order chi connectivity index (χ0) is 14.7. The van der Waals surface area contributed by atoms with Gasteiger partial charge in [0.15, 0.2) is 6.61 Å². The Bertz CT molecular complexity index is 523. The van der Waals surface area contributed by atoms with Gasteiger partial charge in [-0.15, -0.1) is 6.58 Å². The molecule has 1 saturated heterocycles. The average Bonchev–Trinajstić information content (AvgIpc) is 2.46. The van der Waals surface area contributed by atoms with Gasteiger partial charge < -0.3 is 14.5 Å². The lowest BCUT2D eigenvalue weighted by Crippen LogP contribution is -2.47. The molecule has 2 aliphatic rings. The van der Waals surface area contributed by atoms with E-state index in [-0.39, 0.29) is 12.5 Å². The van der Waals surface area contributed by atoms with Crippen LogP contribution in [0.15, 0.2) is 36.9 Å². The molecule has 4 nitrogen and oxygen atoms in total. The van der Waals surface area contributed by atoms with Crippen LogP contribution >= 0.6 is 0 Å². The number of allylic oxidation sites excluding steroid dienone is 1. The lowest BCUT2D eigenvalue weighted by atomic mass is 9.96. The fraction of sp³-hybridized carbons (Fsp3) is 0.471. The summed E-state index contributed by atoms with van der Waals surface area (Å²) >= 11 is 0. The Labute approximate surface area is 126 Å². The number of carbonyl (C=O) groups is 1. The minimum atomic E-state index is 0.0573. The number of hydrogen-bond donors (Lipinski definition) is 0. The molecule has 0 radical (unpaired) electrons. The molecule has 3 rings (SSSR count). The highest BCUT2D eigenvalue weighted by Gasteiger charge is 2.27. The van der Waals surface area contributed by atoms with Crippen molar-refractivity contribution in [3.63, 3.8) is 0 Å². The van der Waals surface area contributed by atoms with Crippen molar-refractivity contribution in [1.29, 1.82) is 0 Å². The second-order valence-electron chi connectivity index (χ2n) is 5.81. The lowest BCUT2D eigenvalue weighted by Gasteiger charge is -2.39. The van der Waals surface area contributed by atoms with E-state index in [2.05, 4.69) is 11.5 Å².